The Kier molecular flexibility index (Phi) is 6.24. The predicted octanol–water partition coefficient (Wildman–Crippen LogP) is 3.28. The van der Waals surface area contributed by atoms with Crippen LogP contribution in [0.4, 0.5) is 5.69 Å². The fourth-order valence-corrected chi connectivity index (χ4v) is 3.63. The summed E-state index contributed by atoms with van der Waals surface area (Å²) in [6.45, 7) is 10.0. The van der Waals surface area contributed by atoms with Crippen LogP contribution in [0.5, 0.6) is 0 Å². The second kappa shape index (κ2) is 8.63. The number of nitrogens with one attached hydrogen (secondary N) is 1. The molecule has 6 nitrogen and oxygen atoms in total. The Hall–Kier alpha value is -2.24. The van der Waals surface area contributed by atoms with Gasteiger partial charge in [-0.05, 0) is 45.1 Å². The number of pyridine rings is 1. The van der Waals surface area contributed by atoms with Crippen molar-refractivity contribution in [2.75, 3.05) is 18.0 Å². The maximum absolute atomic E-state index is 12.5. The maximum Gasteiger partial charge on any atom is 0.225 e. The average molecular weight is 370 g/mol. The molecule has 1 aliphatic rings. The van der Waals surface area contributed by atoms with Gasteiger partial charge in [0.25, 0.3) is 0 Å². The minimum Gasteiger partial charge on any atom is -0.369 e. The van der Waals surface area contributed by atoms with E-state index in [2.05, 4.69) is 53.9 Å². The summed E-state index contributed by atoms with van der Waals surface area (Å²) in [5.41, 5.74) is 4.66. The predicted molar refractivity (Wildman–Crippen MR) is 109 cm³/mol. The van der Waals surface area contributed by atoms with Crippen LogP contribution < -0.4 is 10.2 Å². The molecule has 1 aliphatic heterocycles. The van der Waals surface area contributed by atoms with Crippen LogP contribution in [0, 0.1) is 5.92 Å². The summed E-state index contributed by atoms with van der Waals surface area (Å²) in [6.07, 6.45) is 6.52. The van der Waals surface area contributed by atoms with E-state index in [0.717, 1.165) is 67.8 Å². The Morgan fingerprint density at radius 1 is 1.26 bits per heavy atom. The van der Waals surface area contributed by atoms with Crippen molar-refractivity contribution < 1.29 is 4.79 Å². The van der Waals surface area contributed by atoms with E-state index >= 15 is 0 Å². The highest BCUT2D eigenvalue weighted by atomic mass is 16.2. The lowest BCUT2D eigenvalue weighted by Gasteiger charge is -2.34. The smallest absolute Gasteiger partial charge is 0.225 e. The van der Waals surface area contributed by atoms with Gasteiger partial charge < -0.3 is 10.2 Å². The van der Waals surface area contributed by atoms with Gasteiger partial charge in [0.1, 0.15) is 5.52 Å². The molecular formula is C21H31N5O. The second-order valence-corrected chi connectivity index (χ2v) is 7.46. The lowest BCUT2D eigenvalue weighted by atomic mass is 9.96. The van der Waals surface area contributed by atoms with E-state index in [1.165, 1.54) is 0 Å². The summed E-state index contributed by atoms with van der Waals surface area (Å²) in [7, 11) is 0. The van der Waals surface area contributed by atoms with Crippen molar-refractivity contribution in [1.82, 2.24) is 20.3 Å². The zero-order valence-electron chi connectivity index (χ0n) is 17.0. The third-order valence-corrected chi connectivity index (χ3v) is 5.49. The Labute approximate surface area is 161 Å². The van der Waals surface area contributed by atoms with Crippen LogP contribution in [-0.4, -0.2) is 40.0 Å². The number of anilines is 1. The topological polar surface area (TPSA) is 71.0 Å². The van der Waals surface area contributed by atoms with Crippen molar-refractivity contribution in [3.05, 3.63) is 23.7 Å². The molecule has 1 fully saturated rings. The summed E-state index contributed by atoms with van der Waals surface area (Å²) in [4.78, 5) is 28.8. The highest BCUT2D eigenvalue weighted by Crippen LogP contribution is 2.25. The third kappa shape index (κ3) is 4.37. The van der Waals surface area contributed by atoms with Gasteiger partial charge in [-0.3, -0.25) is 4.79 Å². The molecule has 0 radical (unpaired) electrons. The van der Waals surface area contributed by atoms with Crippen LogP contribution in [0.3, 0.4) is 0 Å². The number of carbonyl (C=O) groups is 1. The lowest BCUT2D eigenvalue weighted by Crippen LogP contribution is -2.45. The van der Waals surface area contributed by atoms with Gasteiger partial charge in [0.15, 0.2) is 5.65 Å². The van der Waals surface area contributed by atoms with E-state index in [9.17, 15) is 4.79 Å². The number of aromatic nitrogens is 3. The van der Waals surface area contributed by atoms with E-state index in [1.807, 2.05) is 6.20 Å². The van der Waals surface area contributed by atoms with Gasteiger partial charge in [-0.2, -0.15) is 0 Å². The molecule has 1 N–H and O–H groups in total. The molecule has 0 saturated carbocycles. The van der Waals surface area contributed by atoms with E-state index in [4.69, 9.17) is 4.98 Å². The third-order valence-electron chi connectivity index (χ3n) is 5.49. The highest BCUT2D eigenvalue weighted by Gasteiger charge is 2.27. The normalized spacial score (nSPS) is 18.5. The molecule has 2 aromatic rings. The zero-order chi connectivity index (χ0) is 19.4. The van der Waals surface area contributed by atoms with Crippen LogP contribution in [0.25, 0.3) is 11.2 Å². The van der Waals surface area contributed by atoms with Crippen LogP contribution in [-0.2, 0) is 17.6 Å². The molecule has 6 heteroatoms. The Morgan fingerprint density at radius 2 is 2.00 bits per heavy atom. The van der Waals surface area contributed by atoms with Crippen LogP contribution >= 0.6 is 0 Å². The molecule has 146 valence electrons. The highest BCUT2D eigenvalue weighted by molar-refractivity contribution is 5.80. The molecule has 2 atom stereocenters. The van der Waals surface area contributed by atoms with Gasteiger partial charge in [0.05, 0.1) is 29.2 Å². The minimum absolute atomic E-state index is 0.0307. The number of amides is 1. The Balaban J connectivity index is 1.80. The van der Waals surface area contributed by atoms with Crippen molar-refractivity contribution in [2.45, 2.75) is 65.8 Å². The number of hydrogen-bond donors (Lipinski definition) is 1. The fourth-order valence-electron chi connectivity index (χ4n) is 3.63. The van der Waals surface area contributed by atoms with E-state index < -0.39 is 0 Å². The van der Waals surface area contributed by atoms with Crippen molar-refractivity contribution in [1.29, 1.82) is 0 Å². The van der Waals surface area contributed by atoms with Gasteiger partial charge in [-0.25, -0.2) is 15.0 Å². The van der Waals surface area contributed by atoms with E-state index in [1.54, 1.807) is 0 Å². The number of hydrogen-bond acceptors (Lipinski definition) is 5. The molecule has 3 rings (SSSR count). The Bertz CT molecular complexity index is 807. The average Bonchev–Trinajstić information content (AvgIpc) is 2.72. The molecule has 3 heterocycles. The van der Waals surface area contributed by atoms with Gasteiger partial charge in [0.2, 0.25) is 5.91 Å². The first-order valence-electron chi connectivity index (χ1n) is 10.3. The van der Waals surface area contributed by atoms with Gasteiger partial charge >= 0.3 is 0 Å². The quantitative estimate of drug-likeness (QED) is 0.846. The maximum atomic E-state index is 12.5. The molecule has 1 amide bonds. The lowest BCUT2D eigenvalue weighted by molar-refractivity contribution is -0.125. The second-order valence-electron chi connectivity index (χ2n) is 7.46. The van der Waals surface area contributed by atoms with Crippen LogP contribution in [0.15, 0.2) is 12.3 Å². The van der Waals surface area contributed by atoms with Crippen LogP contribution in [0.1, 0.15) is 58.3 Å². The van der Waals surface area contributed by atoms with Gasteiger partial charge in [0, 0.05) is 19.1 Å². The summed E-state index contributed by atoms with van der Waals surface area (Å²) in [5, 5.41) is 3.13. The minimum atomic E-state index is 0.0307. The number of piperidine rings is 1. The van der Waals surface area contributed by atoms with Crippen molar-refractivity contribution in [3.8, 4) is 0 Å². The number of carbonyl (C=O) groups excluding carboxylic acids is 1. The van der Waals surface area contributed by atoms with Crippen molar-refractivity contribution >= 4 is 22.8 Å². The Morgan fingerprint density at radius 3 is 2.70 bits per heavy atom. The molecule has 0 bridgehead atoms. The fraction of sp³-hybridized carbons (Fsp3) is 0.619. The van der Waals surface area contributed by atoms with Crippen LogP contribution in [0.2, 0.25) is 0 Å². The number of rotatable bonds is 6. The SMILES string of the molecule is CCc1nc2cc(N3CCC[C@H](C(=O)N[C@@H](C)CC)C3)cnc2nc1CC. The van der Waals surface area contributed by atoms with E-state index in [-0.39, 0.29) is 17.9 Å². The summed E-state index contributed by atoms with van der Waals surface area (Å²) in [6, 6.07) is 2.30. The molecule has 0 unspecified atom stereocenters. The summed E-state index contributed by atoms with van der Waals surface area (Å²) < 4.78 is 0. The zero-order valence-corrected chi connectivity index (χ0v) is 17.0. The molecular weight excluding hydrogens is 338 g/mol. The molecule has 0 aromatic carbocycles. The molecule has 2 aromatic heterocycles. The molecule has 1 saturated heterocycles. The largest absolute Gasteiger partial charge is 0.369 e. The number of aryl methyl sites for hydroxylation is 2. The van der Waals surface area contributed by atoms with Crippen molar-refractivity contribution in [3.63, 3.8) is 0 Å². The first-order chi connectivity index (χ1) is 13.0. The first-order valence-corrected chi connectivity index (χ1v) is 10.3. The van der Waals surface area contributed by atoms with E-state index in [0.29, 0.717) is 5.65 Å². The summed E-state index contributed by atoms with van der Waals surface area (Å²) in [5.74, 6) is 0.201. The molecule has 0 aliphatic carbocycles. The number of nitrogens with zero attached hydrogens (tertiary/aromatic N) is 4. The molecule has 27 heavy (non-hydrogen) atoms. The summed E-state index contributed by atoms with van der Waals surface area (Å²) >= 11 is 0. The first kappa shape index (κ1) is 19.5. The van der Waals surface area contributed by atoms with Gasteiger partial charge in [-0.15, -0.1) is 0 Å². The van der Waals surface area contributed by atoms with Gasteiger partial charge in [-0.1, -0.05) is 20.8 Å². The monoisotopic (exact) mass is 369 g/mol. The number of fused-ring (bicyclic) bond motifs is 1. The van der Waals surface area contributed by atoms with Crippen molar-refractivity contribution in [2.24, 2.45) is 5.92 Å². The molecule has 0 spiro atoms. The standard InChI is InChI=1S/C21H31N5O/c1-5-14(4)23-21(27)15-9-8-10-26(13-15)16-11-19-20(22-12-16)25-18(7-3)17(6-2)24-19/h11-12,14-15H,5-10,13H2,1-4H3,(H,23,27)/t14-,15-/m0/s1.